The largest absolute Gasteiger partial charge is 0.475 e. The van der Waals surface area contributed by atoms with Crippen LogP contribution in [0.4, 0.5) is 0 Å². The first kappa shape index (κ1) is 14.3. The second kappa shape index (κ2) is 6.87. The number of aryl methyl sites for hydroxylation is 2. The maximum absolute atomic E-state index is 10.9. The van der Waals surface area contributed by atoms with Crippen LogP contribution in [0, 0.1) is 6.92 Å². The minimum atomic E-state index is -0.421. The van der Waals surface area contributed by atoms with Crippen LogP contribution in [-0.4, -0.2) is 12.5 Å². The Bertz CT molecular complexity index is 581. The molecule has 1 unspecified atom stereocenters. The van der Waals surface area contributed by atoms with Gasteiger partial charge in [0.25, 0.3) is 0 Å². The minimum Gasteiger partial charge on any atom is -0.475 e. The zero-order chi connectivity index (χ0) is 14.4. The SMILES string of the molecule is Cc1ccccc1CCC(N)Oc1ccccc1C=O. The Morgan fingerprint density at radius 2 is 1.85 bits per heavy atom. The first-order chi connectivity index (χ1) is 9.70. The average Bonchev–Trinajstić information content (AvgIpc) is 2.47. The van der Waals surface area contributed by atoms with Crippen molar-refractivity contribution in [3.05, 3.63) is 65.2 Å². The van der Waals surface area contributed by atoms with Crippen molar-refractivity contribution in [2.24, 2.45) is 5.73 Å². The fourth-order valence-corrected chi connectivity index (χ4v) is 2.10. The number of nitrogens with two attached hydrogens (primary N) is 1. The number of ether oxygens (including phenoxy) is 1. The lowest BCUT2D eigenvalue weighted by Gasteiger charge is -2.16. The van der Waals surface area contributed by atoms with Gasteiger partial charge in [-0.1, -0.05) is 36.4 Å². The van der Waals surface area contributed by atoms with Crippen LogP contribution in [0.15, 0.2) is 48.5 Å². The molecule has 0 heterocycles. The van der Waals surface area contributed by atoms with Gasteiger partial charge in [-0.2, -0.15) is 0 Å². The highest BCUT2D eigenvalue weighted by molar-refractivity contribution is 5.79. The summed E-state index contributed by atoms with van der Waals surface area (Å²) in [5, 5.41) is 0. The van der Waals surface area contributed by atoms with E-state index in [2.05, 4.69) is 19.1 Å². The first-order valence-corrected chi connectivity index (χ1v) is 6.71. The quantitative estimate of drug-likeness (QED) is 0.647. The van der Waals surface area contributed by atoms with Gasteiger partial charge in [-0.25, -0.2) is 0 Å². The molecule has 2 rings (SSSR count). The molecule has 104 valence electrons. The Hall–Kier alpha value is -2.13. The zero-order valence-electron chi connectivity index (χ0n) is 11.6. The van der Waals surface area contributed by atoms with Gasteiger partial charge < -0.3 is 4.74 Å². The third kappa shape index (κ3) is 3.68. The van der Waals surface area contributed by atoms with Gasteiger partial charge in [0.05, 0.1) is 5.56 Å². The van der Waals surface area contributed by atoms with Gasteiger partial charge in [0.15, 0.2) is 6.29 Å². The van der Waals surface area contributed by atoms with E-state index in [0.717, 1.165) is 12.7 Å². The van der Waals surface area contributed by atoms with Gasteiger partial charge in [0, 0.05) is 6.42 Å². The molecule has 2 aromatic carbocycles. The van der Waals surface area contributed by atoms with E-state index in [4.69, 9.17) is 10.5 Å². The van der Waals surface area contributed by atoms with Crippen molar-refractivity contribution in [3.63, 3.8) is 0 Å². The molecule has 0 spiro atoms. The normalized spacial score (nSPS) is 11.9. The Morgan fingerprint density at radius 3 is 2.60 bits per heavy atom. The number of hydrogen-bond acceptors (Lipinski definition) is 3. The first-order valence-electron chi connectivity index (χ1n) is 6.71. The highest BCUT2D eigenvalue weighted by atomic mass is 16.5. The molecule has 3 nitrogen and oxygen atoms in total. The molecule has 0 bridgehead atoms. The Balaban J connectivity index is 1.94. The fourth-order valence-electron chi connectivity index (χ4n) is 2.10. The van der Waals surface area contributed by atoms with E-state index in [0.29, 0.717) is 17.7 Å². The van der Waals surface area contributed by atoms with E-state index in [9.17, 15) is 4.79 Å². The second-order valence-corrected chi connectivity index (χ2v) is 4.78. The summed E-state index contributed by atoms with van der Waals surface area (Å²) in [6.07, 6.45) is 1.93. The molecule has 3 heteroatoms. The molecule has 0 aliphatic carbocycles. The van der Waals surface area contributed by atoms with Gasteiger partial charge in [-0.05, 0) is 36.6 Å². The Morgan fingerprint density at radius 1 is 1.15 bits per heavy atom. The van der Waals surface area contributed by atoms with E-state index in [1.54, 1.807) is 18.2 Å². The Labute approximate surface area is 119 Å². The monoisotopic (exact) mass is 269 g/mol. The number of para-hydroxylation sites is 1. The summed E-state index contributed by atoms with van der Waals surface area (Å²) in [6, 6.07) is 15.3. The zero-order valence-corrected chi connectivity index (χ0v) is 11.6. The van der Waals surface area contributed by atoms with Crippen molar-refractivity contribution < 1.29 is 9.53 Å². The maximum Gasteiger partial charge on any atom is 0.153 e. The van der Waals surface area contributed by atoms with Gasteiger partial charge in [-0.3, -0.25) is 10.5 Å². The van der Waals surface area contributed by atoms with Crippen LogP contribution in [0.25, 0.3) is 0 Å². The summed E-state index contributed by atoms with van der Waals surface area (Å²) in [7, 11) is 0. The smallest absolute Gasteiger partial charge is 0.153 e. The molecule has 20 heavy (non-hydrogen) atoms. The number of carbonyl (C=O) groups is 1. The molecule has 0 saturated carbocycles. The van der Waals surface area contributed by atoms with E-state index < -0.39 is 6.23 Å². The van der Waals surface area contributed by atoms with Crippen LogP contribution in [0.2, 0.25) is 0 Å². The third-order valence-corrected chi connectivity index (χ3v) is 3.28. The van der Waals surface area contributed by atoms with Gasteiger partial charge in [0.1, 0.15) is 12.0 Å². The molecular formula is C17H19NO2. The van der Waals surface area contributed by atoms with E-state index in [1.165, 1.54) is 11.1 Å². The van der Waals surface area contributed by atoms with Crippen molar-refractivity contribution >= 4 is 6.29 Å². The predicted molar refractivity (Wildman–Crippen MR) is 79.9 cm³/mol. The number of rotatable bonds is 6. The summed E-state index contributed by atoms with van der Waals surface area (Å²) in [4.78, 5) is 10.9. The van der Waals surface area contributed by atoms with Crippen LogP contribution in [0.3, 0.4) is 0 Å². The second-order valence-electron chi connectivity index (χ2n) is 4.78. The highest BCUT2D eigenvalue weighted by Gasteiger charge is 2.09. The maximum atomic E-state index is 10.9. The molecular weight excluding hydrogens is 250 g/mol. The Kier molecular flexibility index (Phi) is 4.91. The van der Waals surface area contributed by atoms with Gasteiger partial charge in [0.2, 0.25) is 0 Å². The summed E-state index contributed by atoms with van der Waals surface area (Å²) < 4.78 is 5.64. The number of carbonyl (C=O) groups excluding carboxylic acids is 1. The van der Waals surface area contributed by atoms with E-state index in [-0.39, 0.29) is 0 Å². The lowest BCUT2D eigenvalue weighted by molar-refractivity contribution is 0.111. The fraction of sp³-hybridized carbons (Fsp3) is 0.235. The highest BCUT2D eigenvalue weighted by Crippen LogP contribution is 2.18. The molecule has 0 saturated heterocycles. The molecule has 0 aliphatic heterocycles. The summed E-state index contributed by atoms with van der Waals surface area (Å²) in [5.74, 6) is 0.541. The average molecular weight is 269 g/mol. The molecule has 0 amide bonds. The molecule has 0 aromatic heterocycles. The third-order valence-electron chi connectivity index (χ3n) is 3.28. The number of aldehydes is 1. The number of benzene rings is 2. The van der Waals surface area contributed by atoms with Crippen molar-refractivity contribution in [1.29, 1.82) is 0 Å². The molecule has 0 fully saturated rings. The standard InChI is InChI=1S/C17H19NO2/c1-13-6-2-3-7-14(13)10-11-17(18)20-16-9-5-4-8-15(16)12-19/h2-9,12,17H,10-11,18H2,1H3. The summed E-state index contributed by atoms with van der Waals surface area (Å²) >= 11 is 0. The van der Waals surface area contributed by atoms with Gasteiger partial charge >= 0.3 is 0 Å². The molecule has 0 aliphatic rings. The van der Waals surface area contributed by atoms with Crippen LogP contribution < -0.4 is 10.5 Å². The van der Waals surface area contributed by atoms with Crippen molar-refractivity contribution in [2.45, 2.75) is 26.0 Å². The van der Waals surface area contributed by atoms with E-state index in [1.807, 2.05) is 18.2 Å². The summed E-state index contributed by atoms with van der Waals surface area (Å²) in [5.41, 5.74) is 9.05. The molecule has 2 N–H and O–H groups in total. The molecule has 1 atom stereocenters. The topological polar surface area (TPSA) is 52.3 Å². The lowest BCUT2D eigenvalue weighted by Crippen LogP contribution is -2.28. The van der Waals surface area contributed by atoms with Crippen molar-refractivity contribution in [2.75, 3.05) is 0 Å². The summed E-state index contributed by atoms with van der Waals surface area (Å²) in [6.45, 7) is 2.09. The van der Waals surface area contributed by atoms with Gasteiger partial charge in [-0.15, -0.1) is 0 Å². The lowest BCUT2D eigenvalue weighted by atomic mass is 10.0. The van der Waals surface area contributed by atoms with Crippen LogP contribution in [0.1, 0.15) is 27.9 Å². The molecule has 0 radical (unpaired) electrons. The van der Waals surface area contributed by atoms with E-state index >= 15 is 0 Å². The van der Waals surface area contributed by atoms with Crippen LogP contribution >= 0.6 is 0 Å². The molecule has 2 aromatic rings. The van der Waals surface area contributed by atoms with Crippen molar-refractivity contribution in [3.8, 4) is 5.75 Å². The van der Waals surface area contributed by atoms with Crippen LogP contribution in [-0.2, 0) is 6.42 Å². The predicted octanol–water partition coefficient (Wildman–Crippen LogP) is 3.10. The number of hydrogen-bond donors (Lipinski definition) is 1. The minimum absolute atomic E-state index is 0.421. The van der Waals surface area contributed by atoms with Crippen molar-refractivity contribution in [1.82, 2.24) is 0 Å². The van der Waals surface area contributed by atoms with Crippen LogP contribution in [0.5, 0.6) is 5.75 Å².